The number of rotatable bonds is 3. The lowest BCUT2D eigenvalue weighted by atomic mass is 9.97. The highest BCUT2D eigenvalue weighted by Crippen LogP contribution is 2.37. The van der Waals surface area contributed by atoms with Crippen LogP contribution in [0.4, 0.5) is 0 Å². The van der Waals surface area contributed by atoms with Crippen molar-refractivity contribution in [2.75, 3.05) is 6.54 Å². The van der Waals surface area contributed by atoms with Crippen molar-refractivity contribution >= 4 is 12.0 Å². The van der Waals surface area contributed by atoms with Crippen molar-refractivity contribution in [1.29, 1.82) is 10.5 Å². The van der Waals surface area contributed by atoms with Crippen molar-refractivity contribution < 1.29 is 4.74 Å². The minimum atomic E-state index is -0.468. The molecule has 1 heterocycles. The van der Waals surface area contributed by atoms with Gasteiger partial charge in [0.25, 0.3) is 0 Å². The summed E-state index contributed by atoms with van der Waals surface area (Å²) in [5.41, 5.74) is 1.82. The van der Waals surface area contributed by atoms with E-state index < -0.39 is 5.60 Å². The van der Waals surface area contributed by atoms with E-state index in [-0.39, 0.29) is 0 Å². The summed E-state index contributed by atoms with van der Waals surface area (Å²) in [5, 5.41) is 17.7. The zero-order valence-corrected chi connectivity index (χ0v) is 12.3. The first-order valence-corrected chi connectivity index (χ1v) is 6.66. The third-order valence-corrected chi connectivity index (χ3v) is 3.15. The molecule has 5 nitrogen and oxygen atoms in total. The SMILES string of the molecule is CCN(C=NC#N)C1=CC(C)(C)Oc2ccc(C#N)cc21. The summed E-state index contributed by atoms with van der Waals surface area (Å²) in [6.07, 6.45) is 5.23. The Kier molecular flexibility index (Phi) is 3.95. The van der Waals surface area contributed by atoms with Crippen LogP contribution in [0, 0.1) is 22.8 Å². The number of aliphatic imine (C=N–C) groups is 1. The molecule has 1 aromatic rings. The lowest BCUT2D eigenvalue weighted by molar-refractivity contribution is 0.156. The molecule has 0 spiro atoms. The van der Waals surface area contributed by atoms with E-state index in [0.29, 0.717) is 12.1 Å². The fourth-order valence-electron chi connectivity index (χ4n) is 2.26. The second-order valence-electron chi connectivity index (χ2n) is 5.19. The minimum Gasteiger partial charge on any atom is -0.483 e. The Balaban J connectivity index is 2.57. The van der Waals surface area contributed by atoms with Gasteiger partial charge in [-0.15, -0.1) is 0 Å². The fourth-order valence-corrected chi connectivity index (χ4v) is 2.26. The standard InChI is InChI=1S/C16H16N4O/c1-4-20(11-19-10-18)14-8-16(2,3)21-15-6-5-12(9-17)7-13(14)15/h5-8,11H,4H2,1-3H3. The maximum atomic E-state index is 9.07. The molecule has 5 heteroatoms. The molecule has 0 radical (unpaired) electrons. The Hall–Kier alpha value is -2.79. The molecule has 1 aromatic carbocycles. The smallest absolute Gasteiger partial charge is 0.207 e. The summed E-state index contributed by atoms with van der Waals surface area (Å²) in [4.78, 5) is 5.51. The number of benzene rings is 1. The van der Waals surface area contributed by atoms with Crippen LogP contribution in [0.2, 0.25) is 0 Å². The maximum Gasteiger partial charge on any atom is 0.207 e. The highest BCUT2D eigenvalue weighted by atomic mass is 16.5. The average Bonchev–Trinajstić information content (AvgIpc) is 2.46. The number of hydrogen-bond donors (Lipinski definition) is 0. The van der Waals surface area contributed by atoms with Gasteiger partial charge in [0.1, 0.15) is 17.7 Å². The van der Waals surface area contributed by atoms with Crippen LogP contribution in [0.3, 0.4) is 0 Å². The minimum absolute atomic E-state index is 0.468. The summed E-state index contributed by atoms with van der Waals surface area (Å²) in [5.74, 6) is 0.723. The van der Waals surface area contributed by atoms with Crippen molar-refractivity contribution in [3.63, 3.8) is 0 Å². The molecule has 0 N–H and O–H groups in total. The van der Waals surface area contributed by atoms with E-state index in [1.165, 1.54) is 6.34 Å². The third-order valence-electron chi connectivity index (χ3n) is 3.15. The van der Waals surface area contributed by atoms with Crippen LogP contribution in [0.25, 0.3) is 5.70 Å². The number of hydrogen-bond acceptors (Lipinski definition) is 4. The molecule has 1 aliphatic rings. The first-order chi connectivity index (χ1) is 10.0. The zero-order valence-electron chi connectivity index (χ0n) is 12.3. The Morgan fingerprint density at radius 3 is 2.76 bits per heavy atom. The Bertz CT molecular complexity index is 689. The van der Waals surface area contributed by atoms with Gasteiger partial charge in [0, 0.05) is 12.1 Å². The molecule has 0 bridgehead atoms. The van der Waals surface area contributed by atoms with Gasteiger partial charge in [-0.2, -0.15) is 15.5 Å². The second kappa shape index (κ2) is 5.68. The van der Waals surface area contributed by atoms with Gasteiger partial charge < -0.3 is 9.64 Å². The summed E-state index contributed by atoms with van der Waals surface area (Å²) >= 11 is 0. The van der Waals surface area contributed by atoms with E-state index in [1.807, 2.05) is 31.7 Å². The summed E-state index contributed by atoms with van der Waals surface area (Å²) < 4.78 is 5.93. The lowest BCUT2D eigenvalue weighted by Crippen LogP contribution is -2.33. The van der Waals surface area contributed by atoms with Crippen molar-refractivity contribution in [3.8, 4) is 18.0 Å². The van der Waals surface area contributed by atoms with Gasteiger partial charge >= 0.3 is 0 Å². The van der Waals surface area contributed by atoms with E-state index in [0.717, 1.165) is 17.0 Å². The van der Waals surface area contributed by atoms with Crippen molar-refractivity contribution in [2.45, 2.75) is 26.4 Å². The van der Waals surface area contributed by atoms with Crippen molar-refractivity contribution in [2.24, 2.45) is 4.99 Å². The highest BCUT2D eigenvalue weighted by Gasteiger charge is 2.28. The van der Waals surface area contributed by atoms with Gasteiger partial charge in [-0.05, 0) is 45.0 Å². The topological polar surface area (TPSA) is 72.4 Å². The van der Waals surface area contributed by atoms with Gasteiger partial charge in [0.2, 0.25) is 6.19 Å². The molecule has 0 aromatic heterocycles. The zero-order chi connectivity index (χ0) is 15.5. The normalized spacial score (nSPS) is 15.4. The summed E-state index contributed by atoms with van der Waals surface area (Å²) in [6.45, 7) is 6.55. The Morgan fingerprint density at radius 2 is 2.14 bits per heavy atom. The molecule has 0 fully saturated rings. The third kappa shape index (κ3) is 3.04. The first-order valence-electron chi connectivity index (χ1n) is 6.66. The highest BCUT2D eigenvalue weighted by molar-refractivity contribution is 5.81. The van der Waals surface area contributed by atoms with E-state index in [9.17, 15) is 0 Å². The molecule has 0 unspecified atom stereocenters. The van der Waals surface area contributed by atoms with Crippen LogP contribution >= 0.6 is 0 Å². The number of fused-ring (bicyclic) bond motifs is 1. The van der Waals surface area contributed by atoms with Crippen LogP contribution in [0.1, 0.15) is 31.9 Å². The molecular weight excluding hydrogens is 264 g/mol. The second-order valence-corrected chi connectivity index (χ2v) is 5.19. The maximum absolute atomic E-state index is 9.07. The van der Waals surface area contributed by atoms with Crippen LogP contribution in [0.15, 0.2) is 29.3 Å². The molecule has 21 heavy (non-hydrogen) atoms. The largest absolute Gasteiger partial charge is 0.483 e. The van der Waals surface area contributed by atoms with Crippen LogP contribution < -0.4 is 4.74 Å². The van der Waals surface area contributed by atoms with Gasteiger partial charge in [0.05, 0.1) is 17.3 Å². The van der Waals surface area contributed by atoms with Gasteiger partial charge in [-0.25, -0.2) is 0 Å². The van der Waals surface area contributed by atoms with Gasteiger partial charge in [-0.1, -0.05) is 0 Å². The predicted octanol–water partition coefficient (Wildman–Crippen LogP) is 2.90. The Morgan fingerprint density at radius 1 is 1.38 bits per heavy atom. The van der Waals surface area contributed by atoms with Gasteiger partial charge in [0.15, 0.2) is 0 Å². The Labute approximate surface area is 124 Å². The predicted molar refractivity (Wildman–Crippen MR) is 80.3 cm³/mol. The number of nitrogens with zero attached hydrogens (tertiary/aromatic N) is 4. The van der Waals surface area contributed by atoms with Crippen LogP contribution in [-0.2, 0) is 0 Å². The number of nitriles is 2. The van der Waals surface area contributed by atoms with E-state index >= 15 is 0 Å². The monoisotopic (exact) mass is 280 g/mol. The molecule has 0 amide bonds. The van der Waals surface area contributed by atoms with Crippen LogP contribution in [-0.4, -0.2) is 23.4 Å². The summed E-state index contributed by atoms with van der Waals surface area (Å²) in [6, 6.07) is 7.46. The van der Waals surface area contributed by atoms with Crippen LogP contribution in [0.5, 0.6) is 5.75 Å². The molecule has 0 aliphatic carbocycles. The average molecular weight is 280 g/mol. The molecule has 0 saturated carbocycles. The van der Waals surface area contributed by atoms with E-state index in [1.54, 1.807) is 24.4 Å². The number of ether oxygens (including phenoxy) is 1. The van der Waals surface area contributed by atoms with E-state index in [4.69, 9.17) is 15.3 Å². The molecule has 106 valence electrons. The first kappa shape index (κ1) is 14.6. The molecular formula is C16H16N4O. The molecule has 0 saturated heterocycles. The van der Waals surface area contributed by atoms with Gasteiger partial charge in [-0.3, -0.25) is 0 Å². The molecule has 2 rings (SSSR count). The summed E-state index contributed by atoms with van der Waals surface area (Å²) in [7, 11) is 0. The van der Waals surface area contributed by atoms with Crippen molar-refractivity contribution in [3.05, 3.63) is 35.4 Å². The lowest BCUT2D eigenvalue weighted by Gasteiger charge is -2.34. The quantitative estimate of drug-likeness (QED) is 0.485. The van der Waals surface area contributed by atoms with Crippen molar-refractivity contribution in [1.82, 2.24) is 4.90 Å². The molecule has 1 aliphatic heterocycles. The molecule has 0 atom stereocenters. The van der Waals surface area contributed by atoms with E-state index in [2.05, 4.69) is 11.1 Å². The fraction of sp³-hybridized carbons (Fsp3) is 0.312.